The highest BCUT2D eigenvalue weighted by molar-refractivity contribution is 9.11. The summed E-state index contributed by atoms with van der Waals surface area (Å²) in [5.74, 6) is 2.37. The number of aromatic nitrogens is 6. The number of amides is 6. The first-order valence-electron chi connectivity index (χ1n) is 49.6. The molecule has 0 bridgehead atoms. The Balaban J connectivity index is 0.000000132. The molecule has 2 unspecified atom stereocenters. The number of aryl methyl sites for hydroxylation is 8. The maximum atomic E-state index is 13.2. The maximum Gasteiger partial charge on any atom is 0.268 e. The van der Waals surface area contributed by atoms with Gasteiger partial charge >= 0.3 is 0 Å². The van der Waals surface area contributed by atoms with Crippen LogP contribution in [0.4, 0.5) is 0 Å². The summed E-state index contributed by atoms with van der Waals surface area (Å²) in [5, 5.41) is 46.9. The lowest BCUT2D eigenvalue weighted by molar-refractivity contribution is -0.911. The molecular formula is C110H118Br8Cl4N12O10+6. The van der Waals surface area contributed by atoms with Crippen LogP contribution in [0.5, 0.6) is 0 Å². The molecule has 4 aromatic carbocycles. The van der Waals surface area contributed by atoms with E-state index in [0.29, 0.717) is 95.6 Å². The maximum absolute atomic E-state index is 13.2. The van der Waals surface area contributed by atoms with E-state index < -0.39 is 0 Å². The second kappa shape index (κ2) is 47.6. The third-order valence-corrected chi connectivity index (χ3v) is 37.1. The van der Waals surface area contributed by atoms with Crippen LogP contribution < -0.4 is 28.1 Å². The highest BCUT2D eigenvalue weighted by atomic mass is 79.9. The van der Waals surface area contributed by atoms with Crippen molar-refractivity contribution in [3.63, 3.8) is 0 Å². The molecule has 20 rings (SSSR count). The Labute approximate surface area is 928 Å². The first kappa shape index (κ1) is 108. The molecule has 6 aliphatic heterocycles. The van der Waals surface area contributed by atoms with E-state index >= 15 is 0 Å². The Morgan fingerprint density at radius 1 is 0.347 bits per heavy atom. The summed E-state index contributed by atoms with van der Waals surface area (Å²) >= 11 is 54.9. The van der Waals surface area contributed by atoms with Crippen molar-refractivity contribution in [2.45, 2.75) is 180 Å². The highest BCUT2D eigenvalue weighted by Crippen LogP contribution is 2.51. The molecule has 22 nitrogen and oxygen atoms in total. The van der Waals surface area contributed by atoms with Gasteiger partial charge in [0.2, 0.25) is 71.6 Å². The van der Waals surface area contributed by atoms with E-state index in [-0.39, 0.29) is 47.3 Å². The lowest BCUT2D eigenvalue weighted by Crippen LogP contribution is -2.44. The lowest BCUT2D eigenvalue weighted by Gasteiger charge is -2.37. The second-order valence-electron chi connectivity index (χ2n) is 39.8. The van der Waals surface area contributed by atoms with Crippen LogP contribution in [0.2, 0.25) is 20.1 Å². The molecule has 34 heteroatoms. The number of hydrogen-bond donors (Lipinski definition) is 4. The van der Waals surface area contributed by atoms with Crippen molar-refractivity contribution in [1.82, 2.24) is 29.4 Å². The van der Waals surface area contributed by atoms with Crippen LogP contribution in [0.15, 0.2) is 194 Å². The molecule has 4 N–H and O–H groups in total. The monoisotopic (exact) mass is 2540 g/mol. The van der Waals surface area contributed by atoms with E-state index in [1.807, 2.05) is 138 Å². The molecule has 0 saturated carbocycles. The molecule has 4 aliphatic carbocycles. The smallest absolute Gasteiger partial charge is 0.268 e. The molecule has 6 amide bonds. The summed E-state index contributed by atoms with van der Waals surface area (Å²) in [6.45, 7) is 11.8. The molecule has 6 saturated heterocycles. The van der Waals surface area contributed by atoms with Crippen molar-refractivity contribution in [3.05, 3.63) is 314 Å². The molecule has 0 spiro atoms. The van der Waals surface area contributed by atoms with Crippen molar-refractivity contribution in [2.75, 3.05) is 78.5 Å². The molecule has 0 radical (unpaired) electrons. The Hall–Kier alpha value is -7.72. The number of rotatable bonds is 10. The van der Waals surface area contributed by atoms with E-state index in [2.05, 4.69) is 164 Å². The van der Waals surface area contributed by atoms with Crippen LogP contribution in [0.3, 0.4) is 0 Å². The minimum atomic E-state index is 0.0207. The Bertz CT molecular complexity index is 6170. The largest absolute Gasteiger partial charge is 0.343 e. The van der Waals surface area contributed by atoms with Crippen molar-refractivity contribution in [2.24, 2.45) is 37.8 Å². The van der Waals surface area contributed by atoms with Crippen LogP contribution in [-0.4, -0.2) is 164 Å². The van der Waals surface area contributed by atoms with Gasteiger partial charge in [-0.1, -0.05) is 102 Å². The van der Waals surface area contributed by atoms with E-state index in [4.69, 9.17) is 46.4 Å². The van der Waals surface area contributed by atoms with Crippen LogP contribution >= 0.6 is 174 Å². The van der Waals surface area contributed by atoms with Crippen molar-refractivity contribution in [3.8, 4) is 0 Å². The topological polar surface area (TPSA) is 226 Å². The van der Waals surface area contributed by atoms with Gasteiger partial charge in [-0.25, -0.2) is 9.13 Å². The fourth-order valence-electron chi connectivity index (χ4n) is 23.2. The van der Waals surface area contributed by atoms with Crippen LogP contribution in [0.25, 0.3) is 11.1 Å². The zero-order valence-electron chi connectivity index (χ0n) is 80.9. The SMILES string of the molecule is CC(=O)N1CCC(CC(=O)N2CCC(C3c4ccc(Cl)c(Br)c4CCc4cc(Br)c[n+](O)c43)CC2)CC1.CC(=O)N1CCC(CC(=O)N2CCC(C3c4ccc(Cl)c(Br)c4CCc4cc(Br)c[n+](O)c43)CC2)CC1.C[n+]1ccc(CC(=O)N2CCC(=C3c4c(Br)cc(Cl)cc4CCc4cc(Br)c[n+](O)c43)CC2)cc1.C[n+]1ccc(CC(=O)N2CCC(=C3c4c(Br)cc(Cl)cc4CCc4cc(Br)c[n+](O)c43)CC2)cc1. The fourth-order valence-corrected chi connectivity index (χ4v) is 28.7. The number of hydrogen-bond acceptors (Lipinski definition) is 10. The van der Waals surface area contributed by atoms with Gasteiger partial charge in [0.25, 0.3) is 11.4 Å². The second-order valence-corrected chi connectivity index (χ2v) is 48.4. The Morgan fingerprint density at radius 2 is 0.653 bits per heavy atom. The summed E-state index contributed by atoms with van der Waals surface area (Å²) in [4.78, 5) is 87.3. The molecule has 10 aromatic rings. The first-order valence-corrected chi connectivity index (χ1v) is 57.5. The van der Waals surface area contributed by atoms with Gasteiger partial charge in [0, 0.05) is 210 Å². The molecule has 6 aromatic heterocycles. The van der Waals surface area contributed by atoms with Gasteiger partial charge in [0.1, 0.15) is 14.1 Å². The fraction of sp³-hybridized carbons (Fsp3) is 0.418. The number of carbonyl (C=O) groups excluding carboxylic acids is 6. The van der Waals surface area contributed by atoms with Gasteiger partial charge in [0.15, 0.2) is 24.8 Å². The number of piperidine rings is 6. The minimum Gasteiger partial charge on any atom is -0.343 e. The van der Waals surface area contributed by atoms with E-state index in [9.17, 15) is 49.6 Å². The summed E-state index contributed by atoms with van der Waals surface area (Å²) in [5.41, 5.74) is 23.9. The number of benzene rings is 4. The van der Waals surface area contributed by atoms with Gasteiger partial charge in [-0.3, -0.25) is 49.6 Å². The van der Waals surface area contributed by atoms with Gasteiger partial charge < -0.3 is 29.4 Å². The quantitative estimate of drug-likeness (QED) is 0.0748. The number of fused-ring (bicyclic) bond motifs is 8. The number of nitrogens with zero attached hydrogens (tertiary/aromatic N) is 12. The molecule has 6 fully saturated rings. The molecule has 2 atom stereocenters. The Kier molecular flexibility index (Phi) is 35.6. The minimum absolute atomic E-state index is 0.0207. The van der Waals surface area contributed by atoms with Crippen LogP contribution in [0, 0.1) is 23.7 Å². The summed E-state index contributed by atoms with van der Waals surface area (Å²) < 4.78 is 16.1. The van der Waals surface area contributed by atoms with Gasteiger partial charge in [-0.2, -0.15) is 0 Å². The third kappa shape index (κ3) is 24.8. The summed E-state index contributed by atoms with van der Waals surface area (Å²) in [6, 6.07) is 32.4. The van der Waals surface area contributed by atoms with Gasteiger partial charge in [-0.05, 0) is 353 Å². The molecule has 756 valence electrons. The zero-order valence-corrected chi connectivity index (χ0v) is 96.6. The van der Waals surface area contributed by atoms with Crippen molar-refractivity contribution in [1.29, 1.82) is 0 Å². The van der Waals surface area contributed by atoms with Gasteiger partial charge in [0.05, 0.1) is 63.8 Å². The van der Waals surface area contributed by atoms with Crippen LogP contribution in [0.1, 0.15) is 216 Å². The van der Waals surface area contributed by atoms with Crippen LogP contribution in [-0.2, 0) is 107 Å². The average Bonchev–Trinajstić information content (AvgIpc) is 1.55. The van der Waals surface area contributed by atoms with Crippen molar-refractivity contribution < 1.29 is 77.7 Å². The predicted octanol–water partition coefficient (Wildman–Crippen LogP) is 21.0. The molecule has 144 heavy (non-hydrogen) atoms. The summed E-state index contributed by atoms with van der Waals surface area (Å²) in [7, 11) is 3.94. The number of halogens is 12. The predicted molar refractivity (Wildman–Crippen MR) is 580 cm³/mol. The highest BCUT2D eigenvalue weighted by Gasteiger charge is 2.46. The molecule has 10 aliphatic rings. The average molecular weight is 2550 g/mol. The molecular weight excluding hydrogens is 2430 g/mol. The standard InChI is InChI=1S/2C28H33Br2ClN3O3.2C27H26Br2ClN3O2/c2*1-17(35)32-10-6-18(7-11-32)14-25(36)33-12-8-19(9-13-33)26-22-4-5-24(31)27(30)23(22)3-2-20-15-21(29)16-34(37)28(20)26;2*1-31-8-4-17(5-9-31)12-24(34)32-10-6-18(7-11-32)26-25-19(14-22(30)15-23(25)29)2-3-20-13-21(28)16-33(35)27(20)26/h2*4-5,15-16,18-19,26,37H,2-3,6-14H2,1H3;2*4-5,8-9,13-16,35H,2-3,6-7,10-12H2,1H3/q2*+1;2*+2. The van der Waals surface area contributed by atoms with Gasteiger partial charge in [-0.15, -0.1) is 0 Å². The van der Waals surface area contributed by atoms with E-state index in [0.717, 1.165) is 306 Å². The first-order chi connectivity index (χ1) is 69.0. The third-order valence-electron chi connectivity index (χ3n) is 30.8. The summed E-state index contributed by atoms with van der Waals surface area (Å²) in [6.07, 6.45) is 33.4. The number of pyridine rings is 6. The normalized spacial score (nSPS) is 18.2. The number of likely N-dealkylation sites (tertiary alicyclic amines) is 6. The van der Waals surface area contributed by atoms with E-state index in [1.54, 1.807) is 38.6 Å². The van der Waals surface area contributed by atoms with Crippen molar-refractivity contribution >= 4 is 220 Å². The number of carbonyl (C=O) groups is 6. The Morgan fingerprint density at radius 3 is 0.993 bits per heavy atom. The lowest BCUT2D eigenvalue weighted by atomic mass is 9.76. The molecule has 12 heterocycles. The zero-order chi connectivity index (χ0) is 102. The van der Waals surface area contributed by atoms with E-state index in [1.165, 1.54) is 52.3 Å².